The normalized spacial score (nSPS) is 10.9. The standard InChI is InChI=1S/C15H8O7/c16-8-4-6(14(18)19)5-10-12(8)13(17)11-7(15(20)21)2-1-3-9(11)22-10/h1-5,16H,(H,18,19)(H,20,21). The lowest BCUT2D eigenvalue weighted by molar-refractivity contribution is 0.0687. The van der Waals surface area contributed by atoms with Crippen molar-refractivity contribution in [2.24, 2.45) is 0 Å². The van der Waals surface area contributed by atoms with E-state index in [1.165, 1.54) is 18.2 Å². The molecule has 110 valence electrons. The maximum absolute atomic E-state index is 12.5. The molecule has 1 aromatic heterocycles. The molecule has 0 bridgehead atoms. The molecule has 0 unspecified atom stereocenters. The van der Waals surface area contributed by atoms with Crippen LogP contribution in [-0.2, 0) is 0 Å². The van der Waals surface area contributed by atoms with Crippen LogP contribution < -0.4 is 5.43 Å². The molecule has 0 radical (unpaired) electrons. The molecule has 0 spiro atoms. The minimum absolute atomic E-state index is 0.000612. The maximum Gasteiger partial charge on any atom is 0.336 e. The van der Waals surface area contributed by atoms with E-state index in [4.69, 9.17) is 14.6 Å². The second-order valence-electron chi connectivity index (χ2n) is 4.59. The number of carboxylic acids is 2. The molecular formula is C15H8O7. The fraction of sp³-hybridized carbons (Fsp3) is 0. The van der Waals surface area contributed by atoms with Gasteiger partial charge in [-0.1, -0.05) is 6.07 Å². The molecular weight excluding hydrogens is 292 g/mol. The summed E-state index contributed by atoms with van der Waals surface area (Å²) >= 11 is 0. The van der Waals surface area contributed by atoms with Crippen LogP contribution >= 0.6 is 0 Å². The Hall–Kier alpha value is -3.35. The first-order valence-corrected chi connectivity index (χ1v) is 6.09. The van der Waals surface area contributed by atoms with Gasteiger partial charge in [0.15, 0.2) is 0 Å². The summed E-state index contributed by atoms with van der Waals surface area (Å²) in [6, 6.07) is 6.06. The van der Waals surface area contributed by atoms with E-state index < -0.39 is 23.1 Å². The highest BCUT2D eigenvalue weighted by Gasteiger charge is 2.19. The summed E-state index contributed by atoms with van der Waals surface area (Å²) in [5, 5.41) is 27.6. The summed E-state index contributed by atoms with van der Waals surface area (Å²) in [4.78, 5) is 34.7. The van der Waals surface area contributed by atoms with Crippen LogP contribution in [0.25, 0.3) is 21.9 Å². The van der Waals surface area contributed by atoms with Crippen molar-refractivity contribution in [3.05, 3.63) is 51.7 Å². The zero-order valence-corrected chi connectivity index (χ0v) is 10.9. The van der Waals surface area contributed by atoms with Gasteiger partial charge in [-0.3, -0.25) is 4.79 Å². The van der Waals surface area contributed by atoms with E-state index in [0.717, 1.165) is 12.1 Å². The number of carboxylic acid groups (broad SMARTS) is 2. The third kappa shape index (κ3) is 1.87. The van der Waals surface area contributed by atoms with Gasteiger partial charge in [0.1, 0.15) is 22.3 Å². The van der Waals surface area contributed by atoms with E-state index in [1.54, 1.807) is 0 Å². The van der Waals surface area contributed by atoms with Gasteiger partial charge in [-0.05, 0) is 24.3 Å². The number of benzene rings is 2. The summed E-state index contributed by atoms with van der Waals surface area (Å²) < 4.78 is 5.40. The monoisotopic (exact) mass is 300 g/mol. The van der Waals surface area contributed by atoms with Gasteiger partial charge in [0.05, 0.1) is 16.5 Å². The number of fused-ring (bicyclic) bond motifs is 2. The van der Waals surface area contributed by atoms with Crippen LogP contribution in [0.1, 0.15) is 20.7 Å². The fourth-order valence-electron chi connectivity index (χ4n) is 2.31. The van der Waals surface area contributed by atoms with E-state index in [1.807, 2.05) is 0 Å². The van der Waals surface area contributed by atoms with Crippen LogP contribution in [0.4, 0.5) is 0 Å². The first-order valence-electron chi connectivity index (χ1n) is 6.09. The molecule has 7 nitrogen and oxygen atoms in total. The predicted molar refractivity (Wildman–Crippen MR) is 75.6 cm³/mol. The quantitative estimate of drug-likeness (QED) is 0.618. The van der Waals surface area contributed by atoms with Gasteiger partial charge in [0.2, 0.25) is 5.43 Å². The summed E-state index contributed by atoms with van der Waals surface area (Å²) in [6.45, 7) is 0. The van der Waals surface area contributed by atoms with E-state index in [0.29, 0.717) is 0 Å². The molecule has 0 atom stereocenters. The topological polar surface area (TPSA) is 125 Å². The SMILES string of the molecule is O=C(O)c1cc(O)c2c(=O)c3c(C(=O)O)cccc3oc2c1. The highest BCUT2D eigenvalue weighted by atomic mass is 16.4. The summed E-state index contributed by atoms with van der Waals surface area (Å²) in [6.07, 6.45) is 0. The van der Waals surface area contributed by atoms with Crippen LogP contribution in [0.2, 0.25) is 0 Å². The number of phenols is 1. The molecule has 3 rings (SSSR count). The Bertz CT molecular complexity index is 1010. The number of carbonyl (C=O) groups is 2. The lowest BCUT2D eigenvalue weighted by Crippen LogP contribution is -2.09. The maximum atomic E-state index is 12.5. The Morgan fingerprint density at radius 3 is 2.32 bits per heavy atom. The Kier molecular flexibility index (Phi) is 2.84. The Morgan fingerprint density at radius 2 is 1.68 bits per heavy atom. The minimum atomic E-state index is -1.31. The Balaban J connectivity index is 2.55. The van der Waals surface area contributed by atoms with Crippen LogP contribution in [0.3, 0.4) is 0 Å². The molecule has 0 saturated heterocycles. The Labute approximate surface area is 121 Å². The fourth-order valence-corrected chi connectivity index (χ4v) is 2.31. The molecule has 0 saturated carbocycles. The molecule has 22 heavy (non-hydrogen) atoms. The largest absolute Gasteiger partial charge is 0.507 e. The number of aromatic hydroxyl groups is 1. The first-order chi connectivity index (χ1) is 10.4. The van der Waals surface area contributed by atoms with Gasteiger partial charge >= 0.3 is 11.9 Å². The zero-order valence-electron chi connectivity index (χ0n) is 10.9. The zero-order chi connectivity index (χ0) is 16.0. The van der Waals surface area contributed by atoms with Crippen molar-refractivity contribution in [3.8, 4) is 5.75 Å². The van der Waals surface area contributed by atoms with E-state index >= 15 is 0 Å². The molecule has 0 aliphatic heterocycles. The van der Waals surface area contributed by atoms with Gasteiger partial charge in [-0.2, -0.15) is 0 Å². The first kappa shape index (κ1) is 13.6. The number of phenolic OH excluding ortho intramolecular Hbond substituents is 1. The van der Waals surface area contributed by atoms with Crippen molar-refractivity contribution in [2.45, 2.75) is 0 Å². The summed E-state index contributed by atoms with van der Waals surface area (Å²) in [7, 11) is 0. The van der Waals surface area contributed by atoms with E-state index in [2.05, 4.69) is 0 Å². The van der Waals surface area contributed by atoms with Gasteiger partial charge in [0, 0.05) is 0 Å². The van der Waals surface area contributed by atoms with Crippen molar-refractivity contribution in [1.82, 2.24) is 0 Å². The number of hydrogen-bond acceptors (Lipinski definition) is 5. The van der Waals surface area contributed by atoms with Crippen LogP contribution in [-0.4, -0.2) is 27.3 Å². The highest BCUT2D eigenvalue weighted by molar-refractivity contribution is 6.06. The molecule has 3 aromatic rings. The van der Waals surface area contributed by atoms with Crippen molar-refractivity contribution < 1.29 is 29.3 Å². The number of hydrogen-bond donors (Lipinski definition) is 3. The molecule has 0 amide bonds. The second-order valence-corrected chi connectivity index (χ2v) is 4.59. The third-order valence-electron chi connectivity index (χ3n) is 3.26. The van der Waals surface area contributed by atoms with Crippen LogP contribution in [0.5, 0.6) is 5.75 Å². The lowest BCUT2D eigenvalue weighted by Gasteiger charge is -2.06. The van der Waals surface area contributed by atoms with E-state index in [9.17, 15) is 19.5 Å². The second kappa shape index (κ2) is 4.59. The molecule has 3 N–H and O–H groups in total. The number of aromatic carboxylic acids is 2. The molecule has 2 aromatic carbocycles. The molecule has 0 aliphatic carbocycles. The molecule has 1 heterocycles. The summed E-state index contributed by atoms with van der Waals surface area (Å²) in [5.74, 6) is -3.18. The molecule has 0 aliphatic rings. The number of rotatable bonds is 2. The lowest BCUT2D eigenvalue weighted by atomic mass is 10.0. The van der Waals surface area contributed by atoms with Crippen LogP contribution in [0, 0.1) is 0 Å². The molecule has 7 heteroatoms. The van der Waals surface area contributed by atoms with Gasteiger partial charge in [-0.25, -0.2) is 9.59 Å². The summed E-state index contributed by atoms with van der Waals surface area (Å²) in [5.41, 5.74) is -1.36. The van der Waals surface area contributed by atoms with Crippen molar-refractivity contribution >= 4 is 33.9 Å². The van der Waals surface area contributed by atoms with Gasteiger partial charge < -0.3 is 19.7 Å². The third-order valence-corrected chi connectivity index (χ3v) is 3.26. The average molecular weight is 300 g/mol. The van der Waals surface area contributed by atoms with Gasteiger partial charge in [-0.15, -0.1) is 0 Å². The van der Waals surface area contributed by atoms with Crippen molar-refractivity contribution in [3.63, 3.8) is 0 Å². The highest BCUT2D eigenvalue weighted by Crippen LogP contribution is 2.28. The van der Waals surface area contributed by atoms with Crippen LogP contribution in [0.15, 0.2) is 39.5 Å². The predicted octanol–water partition coefficient (Wildman–Crippen LogP) is 2.05. The minimum Gasteiger partial charge on any atom is -0.507 e. The van der Waals surface area contributed by atoms with E-state index in [-0.39, 0.29) is 33.1 Å². The molecule has 0 fully saturated rings. The average Bonchev–Trinajstić information content (AvgIpc) is 2.45. The van der Waals surface area contributed by atoms with Crippen molar-refractivity contribution in [2.75, 3.05) is 0 Å². The van der Waals surface area contributed by atoms with Crippen molar-refractivity contribution in [1.29, 1.82) is 0 Å². The Morgan fingerprint density at radius 1 is 0.955 bits per heavy atom. The van der Waals surface area contributed by atoms with Gasteiger partial charge in [0.25, 0.3) is 0 Å². The smallest absolute Gasteiger partial charge is 0.336 e.